The number of nitrogens with zero attached hydrogens (tertiary/aromatic N) is 2. The van der Waals surface area contributed by atoms with Crippen LogP contribution < -0.4 is 0 Å². The Morgan fingerprint density at radius 1 is 0.931 bits per heavy atom. The Kier molecular flexibility index (Phi) is 6.47. The van der Waals surface area contributed by atoms with Gasteiger partial charge in [0.15, 0.2) is 12.3 Å². The fourth-order valence-corrected chi connectivity index (χ4v) is 6.40. The molecular weight excluding hydrogens is 352 g/mol. The SMILES string of the molecule is CCC1(C(C)C)N(C2CCCCC2)C=C(c2ccccc2)C=[N+]1C1CCCCC1. The highest BCUT2D eigenvalue weighted by molar-refractivity contribution is 6.07. The van der Waals surface area contributed by atoms with Gasteiger partial charge in [0.1, 0.15) is 0 Å². The van der Waals surface area contributed by atoms with Crippen LogP contribution in [0, 0.1) is 5.92 Å². The smallest absolute Gasteiger partial charge is 0.240 e. The van der Waals surface area contributed by atoms with Crippen molar-refractivity contribution in [2.45, 2.75) is 109 Å². The summed E-state index contributed by atoms with van der Waals surface area (Å²) in [7, 11) is 0. The first-order valence-electron chi connectivity index (χ1n) is 12.4. The van der Waals surface area contributed by atoms with Gasteiger partial charge in [-0.05, 0) is 31.2 Å². The molecule has 0 radical (unpaired) electrons. The van der Waals surface area contributed by atoms with Gasteiger partial charge in [-0.2, -0.15) is 0 Å². The fraction of sp³-hybridized carbons (Fsp3) is 0.667. The molecule has 29 heavy (non-hydrogen) atoms. The molecule has 1 heterocycles. The maximum atomic E-state index is 2.85. The fourth-order valence-electron chi connectivity index (χ4n) is 6.40. The molecule has 2 aliphatic carbocycles. The van der Waals surface area contributed by atoms with E-state index in [1.165, 1.54) is 81.8 Å². The largest absolute Gasteiger partial charge is 0.315 e. The summed E-state index contributed by atoms with van der Waals surface area (Å²) in [6.07, 6.45) is 20.1. The Morgan fingerprint density at radius 3 is 2.14 bits per heavy atom. The van der Waals surface area contributed by atoms with E-state index >= 15 is 0 Å². The molecule has 1 aromatic carbocycles. The molecule has 0 spiro atoms. The number of hydrogen-bond acceptors (Lipinski definition) is 1. The Morgan fingerprint density at radius 2 is 1.55 bits per heavy atom. The Balaban J connectivity index is 1.83. The van der Waals surface area contributed by atoms with Gasteiger partial charge in [-0.1, -0.05) is 76.8 Å². The molecule has 0 saturated heterocycles. The quantitative estimate of drug-likeness (QED) is 0.496. The minimum absolute atomic E-state index is 0.113. The van der Waals surface area contributed by atoms with Crippen LogP contribution in [0.4, 0.5) is 0 Å². The van der Waals surface area contributed by atoms with Gasteiger partial charge in [0.25, 0.3) is 0 Å². The highest BCUT2D eigenvalue weighted by Gasteiger charge is 2.53. The van der Waals surface area contributed by atoms with Gasteiger partial charge in [0, 0.05) is 37.4 Å². The van der Waals surface area contributed by atoms with Gasteiger partial charge in [-0.3, -0.25) is 0 Å². The van der Waals surface area contributed by atoms with Crippen LogP contribution >= 0.6 is 0 Å². The lowest BCUT2D eigenvalue weighted by Crippen LogP contribution is -2.65. The van der Waals surface area contributed by atoms with Gasteiger partial charge in [-0.25, -0.2) is 4.58 Å². The van der Waals surface area contributed by atoms with Crippen LogP contribution in [0.15, 0.2) is 36.5 Å². The van der Waals surface area contributed by atoms with Crippen LogP contribution in [0.2, 0.25) is 0 Å². The summed E-state index contributed by atoms with van der Waals surface area (Å²) in [4.78, 5) is 2.85. The summed E-state index contributed by atoms with van der Waals surface area (Å²) in [6, 6.07) is 12.4. The molecular formula is C27H41N2+. The number of rotatable bonds is 5. The van der Waals surface area contributed by atoms with Crippen molar-refractivity contribution in [3.8, 4) is 0 Å². The first kappa shape index (κ1) is 20.7. The third-order valence-corrected chi connectivity index (χ3v) is 7.94. The molecule has 0 bridgehead atoms. The molecule has 158 valence electrons. The predicted octanol–water partition coefficient (Wildman–Crippen LogP) is 6.85. The van der Waals surface area contributed by atoms with Crippen molar-refractivity contribution in [3.05, 3.63) is 42.1 Å². The van der Waals surface area contributed by atoms with Crippen LogP contribution in [-0.4, -0.2) is 33.4 Å². The van der Waals surface area contributed by atoms with E-state index in [1.54, 1.807) is 0 Å². The zero-order valence-corrected chi connectivity index (χ0v) is 18.9. The van der Waals surface area contributed by atoms with Crippen molar-refractivity contribution in [2.75, 3.05) is 0 Å². The second kappa shape index (κ2) is 9.06. The molecule has 1 unspecified atom stereocenters. The second-order valence-corrected chi connectivity index (χ2v) is 9.86. The van der Waals surface area contributed by atoms with Gasteiger partial charge in [0.05, 0.1) is 5.57 Å². The average Bonchev–Trinajstić information content (AvgIpc) is 2.79. The van der Waals surface area contributed by atoms with E-state index in [9.17, 15) is 0 Å². The molecule has 1 aromatic rings. The molecule has 0 N–H and O–H groups in total. The number of hydrogen-bond donors (Lipinski definition) is 0. The summed E-state index contributed by atoms with van der Waals surface area (Å²) in [5.41, 5.74) is 2.89. The summed E-state index contributed by atoms with van der Waals surface area (Å²) in [5, 5.41) is 0. The van der Waals surface area contributed by atoms with Crippen LogP contribution in [0.25, 0.3) is 5.57 Å². The molecule has 0 amide bonds. The molecule has 2 saturated carbocycles. The molecule has 2 fully saturated rings. The lowest BCUT2D eigenvalue weighted by molar-refractivity contribution is -0.674. The topological polar surface area (TPSA) is 6.25 Å². The van der Waals surface area contributed by atoms with Crippen LogP contribution in [0.1, 0.15) is 97.0 Å². The van der Waals surface area contributed by atoms with Crippen LogP contribution in [0.5, 0.6) is 0 Å². The zero-order chi connectivity index (χ0) is 20.3. The van der Waals surface area contributed by atoms with Crippen LogP contribution in [0.3, 0.4) is 0 Å². The van der Waals surface area contributed by atoms with Crippen molar-refractivity contribution < 1.29 is 4.58 Å². The summed E-state index contributed by atoms with van der Waals surface area (Å²) in [5.74, 6) is 0.598. The van der Waals surface area contributed by atoms with E-state index in [4.69, 9.17) is 0 Å². The third-order valence-electron chi connectivity index (χ3n) is 7.94. The van der Waals surface area contributed by atoms with Crippen LogP contribution in [-0.2, 0) is 0 Å². The lowest BCUT2D eigenvalue weighted by atomic mass is 9.81. The van der Waals surface area contributed by atoms with E-state index < -0.39 is 0 Å². The van der Waals surface area contributed by atoms with Gasteiger partial charge in [0.2, 0.25) is 5.66 Å². The first-order chi connectivity index (χ1) is 14.2. The number of benzene rings is 1. The van der Waals surface area contributed by atoms with Crippen molar-refractivity contribution in [1.29, 1.82) is 0 Å². The third kappa shape index (κ3) is 3.92. The maximum absolute atomic E-state index is 2.85. The minimum Gasteiger partial charge on any atom is -0.315 e. The summed E-state index contributed by atoms with van der Waals surface area (Å²) < 4.78 is 2.85. The molecule has 2 heteroatoms. The second-order valence-electron chi connectivity index (χ2n) is 9.86. The average molecular weight is 394 g/mol. The molecule has 4 rings (SSSR count). The van der Waals surface area contributed by atoms with E-state index in [2.05, 4.69) is 73.0 Å². The maximum Gasteiger partial charge on any atom is 0.240 e. The van der Waals surface area contributed by atoms with E-state index in [0.717, 1.165) is 0 Å². The zero-order valence-electron chi connectivity index (χ0n) is 18.9. The predicted molar refractivity (Wildman–Crippen MR) is 124 cm³/mol. The number of allylic oxidation sites excluding steroid dienone is 1. The van der Waals surface area contributed by atoms with E-state index in [-0.39, 0.29) is 5.66 Å². The molecule has 0 aromatic heterocycles. The van der Waals surface area contributed by atoms with Gasteiger partial charge >= 0.3 is 0 Å². The van der Waals surface area contributed by atoms with E-state index in [0.29, 0.717) is 18.0 Å². The normalized spacial score (nSPS) is 27.1. The molecule has 1 aliphatic heterocycles. The Bertz CT molecular complexity index is 720. The standard InChI is InChI=1S/C27H41N2/c1-4-27(22(2)3)28(25-16-10-6-11-17-25)20-24(23-14-8-5-9-15-23)21-29(27)26-18-12-7-13-19-26/h5,8-9,14-15,20-22,25-26H,4,6-7,10-13,16-19H2,1-3H3/q+1. The van der Waals surface area contributed by atoms with Crippen molar-refractivity contribution >= 4 is 11.8 Å². The Labute approximate surface area is 178 Å². The highest BCUT2D eigenvalue weighted by Crippen LogP contribution is 2.42. The van der Waals surface area contributed by atoms with Gasteiger partial charge in [-0.15, -0.1) is 0 Å². The molecule has 3 aliphatic rings. The minimum atomic E-state index is 0.113. The first-order valence-corrected chi connectivity index (χ1v) is 12.4. The summed E-state index contributed by atoms with van der Waals surface area (Å²) in [6.45, 7) is 7.36. The monoisotopic (exact) mass is 393 g/mol. The molecule has 1 atom stereocenters. The Hall–Kier alpha value is -1.57. The van der Waals surface area contributed by atoms with E-state index in [1.807, 2.05) is 0 Å². The highest BCUT2D eigenvalue weighted by atomic mass is 15.4. The molecule has 2 nitrogen and oxygen atoms in total. The van der Waals surface area contributed by atoms with Crippen molar-refractivity contribution in [1.82, 2.24) is 4.90 Å². The van der Waals surface area contributed by atoms with Crippen molar-refractivity contribution in [3.63, 3.8) is 0 Å². The van der Waals surface area contributed by atoms with Crippen molar-refractivity contribution in [2.24, 2.45) is 5.92 Å². The lowest BCUT2D eigenvalue weighted by Gasteiger charge is -2.51. The van der Waals surface area contributed by atoms with Gasteiger partial charge < -0.3 is 4.90 Å². The summed E-state index contributed by atoms with van der Waals surface area (Å²) >= 11 is 0.